The van der Waals surface area contributed by atoms with Gasteiger partial charge in [-0.3, -0.25) is 10.1 Å². The summed E-state index contributed by atoms with van der Waals surface area (Å²) in [6.45, 7) is 0. The molecule has 7 nitrogen and oxygen atoms in total. The number of nitrogens with one attached hydrogen (secondary N) is 1. The number of aromatic nitrogens is 4. The smallest absolute Gasteiger partial charge is 0.279 e. The van der Waals surface area contributed by atoms with E-state index in [1.165, 1.54) is 23.0 Å². The summed E-state index contributed by atoms with van der Waals surface area (Å²) >= 11 is 13.6. The van der Waals surface area contributed by atoms with E-state index in [1.54, 1.807) is 30.6 Å². The Labute approximate surface area is 155 Å². The fourth-order valence-electron chi connectivity index (χ4n) is 2.30. The third-order valence-electron chi connectivity index (χ3n) is 3.44. The molecule has 0 bridgehead atoms. The minimum Gasteiger partial charge on any atom is -0.495 e. The Morgan fingerprint density at radius 1 is 1.36 bits per heavy atom. The summed E-state index contributed by atoms with van der Waals surface area (Å²) < 4.78 is 7.46. The van der Waals surface area contributed by atoms with Gasteiger partial charge in [0.25, 0.3) is 5.91 Å². The van der Waals surface area contributed by atoms with Gasteiger partial charge in [-0.2, -0.15) is 5.10 Å². The second-order valence-corrected chi connectivity index (χ2v) is 6.79. The zero-order chi connectivity index (χ0) is 17.6. The normalized spacial score (nSPS) is 11.2. The van der Waals surface area contributed by atoms with Gasteiger partial charge in [0.05, 0.1) is 22.3 Å². The van der Waals surface area contributed by atoms with E-state index < -0.39 is 5.91 Å². The lowest BCUT2D eigenvalue weighted by atomic mass is 10.3. The van der Waals surface area contributed by atoms with E-state index in [0.29, 0.717) is 27.1 Å². The van der Waals surface area contributed by atoms with Crippen LogP contribution in [0.4, 0.5) is 5.13 Å². The van der Waals surface area contributed by atoms with Gasteiger partial charge in [-0.05, 0) is 12.1 Å². The summed E-state index contributed by atoms with van der Waals surface area (Å²) in [4.78, 5) is 20.9. The number of carbonyl (C=O) groups is 1. The molecular formula is C15H9Cl2N5O2S. The second kappa shape index (κ2) is 6.14. The first-order chi connectivity index (χ1) is 12.1. The molecule has 126 valence electrons. The number of carbonyl (C=O) groups excluding carboxylic acids is 1. The Morgan fingerprint density at radius 3 is 2.96 bits per heavy atom. The monoisotopic (exact) mass is 393 g/mol. The van der Waals surface area contributed by atoms with E-state index >= 15 is 0 Å². The van der Waals surface area contributed by atoms with Crippen molar-refractivity contribution in [2.45, 2.75) is 0 Å². The standard InChI is InChI=1S/C15H9Cl2N5O2S/c1-24-9-6-10-8(5-7(9)16)19-15(25-10)20-14(23)12-11(17)13-18-3-2-4-22(13)21-12/h2-6H,1H3,(H,19,20,23). The molecule has 3 heterocycles. The zero-order valence-electron chi connectivity index (χ0n) is 12.7. The van der Waals surface area contributed by atoms with Crippen molar-refractivity contribution in [1.29, 1.82) is 0 Å². The number of amides is 1. The Hall–Kier alpha value is -2.42. The first-order valence-corrected chi connectivity index (χ1v) is 8.58. The summed E-state index contributed by atoms with van der Waals surface area (Å²) in [5.74, 6) is 0.0813. The molecule has 0 saturated carbocycles. The number of rotatable bonds is 3. The average Bonchev–Trinajstić information content (AvgIpc) is 3.14. The molecule has 0 aliphatic carbocycles. The SMILES string of the molecule is COc1cc2sc(NC(=O)c3nn4cccnc4c3Cl)nc2cc1Cl. The molecule has 10 heteroatoms. The third kappa shape index (κ3) is 2.78. The van der Waals surface area contributed by atoms with Crippen molar-refractivity contribution < 1.29 is 9.53 Å². The molecule has 1 amide bonds. The fraction of sp³-hybridized carbons (Fsp3) is 0.0667. The van der Waals surface area contributed by atoms with Gasteiger partial charge in [0.2, 0.25) is 0 Å². The molecule has 1 N–H and O–H groups in total. The molecule has 0 spiro atoms. The van der Waals surface area contributed by atoms with E-state index in [9.17, 15) is 4.79 Å². The first kappa shape index (κ1) is 16.1. The number of hydrogen-bond donors (Lipinski definition) is 1. The predicted molar refractivity (Wildman–Crippen MR) is 97.1 cm³/mol. The van der Waals surface area contributed by atoms with Gasteiger partial charge in [-0.25, -0.2) is 14.5 Å². The highest BCUT2D eigenvalue weighted by atomic mass is 35.5. The molecule has 0 unspecified atom stereocenters. The van der Waals surface area contributed by atoms with Crippen molar-refractivity contribution in [3.8, 4) is 5.75 Å². The lowest BCUT2D eigenvalue weighted by Gasteiger charge is -2.00. The van der Waals surface area contributed by atoms with Crippen molar-refractivity contribution in [1.82, 2.24) is 19.6 Å². The van der Waals surface area contributed by atoms with E-state index in [4.69, 9.17) is 27.9 Å². The van der Waals surface area contributed by atoms with Crippen LogP contribution in [-0.4, -0.2) is 32.6 Å². The maximum Gasteiger partial charge on any atom is 0.279 e. The van der Waals surface area contributed by atoms with Crippen LogP contribution >= 0.6 is 34.5 Å². The van der Waals surface area contributed by atoms with Crippen LogP contribution in [0.15, 0.2) is 30.6 Å². The molecule has 0 aliphatic rings. The fourth-order valence-corrected chi connectivity index (χ4v) is 3.67. The Kier molecular flexibility index (Phi) is 3.95. The number of benzene rings is 1. The number of anilines is 1. The zero-order valence-corrected chi connectivity index (χ0v) is 15.0. The first-order valence-electron chi connectivity index (χ1n) is 7.01. The highest BCUT2D eigenvalue weighted by molar-refractivity contribution is 7.22. The number of nitrogens with zero attached hydrogens (tertiary/aromatic N) is 4. The molecule has 0 fully saturated rings. The lowest BCUT2D eigenvalue weighted by Crippen LogP contribution is -2.12. The van der Waals surface area contributed by atoms with Crippen LogP contribution in [-0.2, 0) is 0 Å². The Bertz CT molecular complexity index is 1120. The van der Waals surface area contributed by atoms with Gasteiger partial charge in [0.15, 0.2) is 16.5 Å². The molecule has 3 aromatic heterocycles. The van der Waals surface area contributed by atoms with Gasteiger partial charge in [-0.1, -0.05) is 34.5 Å². The number of methoxy groups -OCH3 is 1. The molecular weight excluding hydrogens is 385 g/mol. The molecule has 0 saturated heterocycles. The molecule has 25 heavy (non-hydrogen) atoms. The van der Waals surface area contributed by atoms with Crippen molar-refractivity contribution in [3.05, 3.63) is 46.3 Å². The van der Waals surface area contributed by atoms with Crippen LogP contribution in [0.3, 0.4) is 0 Å². The minimum atomic E-state index is -0.465. The average molecular weight is 394 g/mol. The van der Waals surface area contributed by atoms with Crippen LogP contribution in [0.2, 0.25) is 10.0 Å². The maximum atomic E-state index is 12.5. The topological polar surface area (TPSA) is 81.4 Å². The van der Waals surface area contributed by atoms with E-state index in [-0.39, 0.29) is 10.7 Å². The van der Waals surface area contributed by atoms with Crippen LogP contribution in [0, 0.1) is 0 Å². The van der Waals surface area contributed by atoms with E-state index in [2.05, 4.69) is 20.4 Å². The van der Waals surface area contributed by atoms with Crippen molar-refractivity contribution in [2.75, 3.05) is 12.4 Å². The van der Waals surface area contributed by atoms with Gasteiger partial charge in [0.1, 0.15) is 10.8 Å². The molecule has 1 aromatic carbocycles. The van der Waals surface area contributed by atoms with Crippen molar-refractivity contribution in [2.24, 2.45) is 0 Å². The highest BCUT2D eigenvalue weighted by Crippen LogP contribution is 2.34. The number of halogens is 2. The summed E-state index contributed by atoms with van der Waals surface area (Å²) in [5, 5.41) is 7.90. The van der Waals surface area contributed by atoms with Crippen LogP contribution < -0.4 is 10.1 Å². The molecule has 0 aliphatic heterocycles. The van der Waals surface area contributed by atoms with Crippen LogP contribution in [0.5, 0.6) is 5.75 Å². The molecule has 0 radical (unpaired) electrons. The molecule has 0 atom stereocenters. The van der Waals surface area contributed by atoms with Crippen molar-refractivity contribution >= 4 is 61.4 Å². The quantitative estimate of drug-likeness (QED) is 0.570. The Morgan fingerprint density at radius 2 is 2.20 bits per heavy atom. The van der Waals surface area contributed by atoms with Gasteiger partial charge >= 0.3 is 0 Å². The summed E-state index contributed by atoms with van der Waals surface area (Å²) in [6, 6.07) is 5.15. The highest BCUT2D eigenvalue weighted by Gasteiger charge is 2.20. The van der Waals surface area contributed by atoms with Gasteiger partial charge < -0.3 is 4.74 Å². The molecule has 4 aromatic rings. The predicted octanol–water partition coefficient (Wildman–Crippen LogP) is 3.91. The number of ether oxygens (including phenoxy) is 1. The second-order valence-electron chi connectivity index (χ2n) is 4.98. The van der Waals surface area contributed by atoms with Crippen molar-refractivity contribution in [3.63, 3.8) is 0 Å². The third-order valence-corrected chi connectivity index (χ3v) is 5.01. The van der Waals surface area contributed by atoms with Gasteiger partial charge in [0, 0.05) is 18.5 Å². The number of fused-ring (bicyclic) bond motifs is 2. The van der Waals surface area contributed by atoms with Gasteiger partial charge in [-0.15, -0.1) is 0 Å². The van der Waals surface area contributed by atoms with Crippen LogP contribution in [0.25, 0.3) is 15.9 Å². The lowest BCUT2D eigenvalue weighted by molar-refractivity contribution is 0.102. The number of thiazole rings is 1. The van der Waals surface area contributed by atoms with Crippen LogP contribution in [0.1, 0.15) is 10.5 Å². The van der Waals surface area contributed by atoms with E-state index in [1.807, 2.05) is 0 Å². The largest absolute Gasteiger partial charge is 0.495 e. The summed E-state index contributed by atoms with van der Waals surface area (Å²) in [6.07, 6.45) is 3.24. The minimum absolute atomic E-state index is 0.0789. The number of hydrogen-bond acceptors (Lipinski definition) is 6. The Balaban J connectivity index is 1.68. The molecule has 4 rings (SSSR count). The summed E-state index contributed by atoms with van der Waals surface area (Å²) in [5.41, 5.74) is 1.15. The maximum absolute atomic E-state index is 12.5. The summed E-state index contributed by atoms with van der Waals surface area (Å²) in [7, 11) is 1.54. The van der Waals surface area contributed by atoms with E-state index in [0.717, 1.165) is 4.70 Å².